The van der Waals surface area contributed by atoms with E-state index in [2.05, 4.69) is 24.5 Å². The van der Waals surface area contributed by atoms with Crippen molar-refractivity contribution < 1.29 is 14.7 Å². The number of amides is 1. The fraction of sp³-hybridized carbons (Fsp3) is 0.429. The molecular formula is C14H20N2O3. The summed E-state index contributed by atoms with van der Waals surface area (Å²) in [5.74, 6) is -1.11. The van der Waals surface area contributed by atoms with Gasteiger partial charge in [0.25, 0.3) is 0 Å². The SMILES string of the molecule is CC(C)NCCCC(=O)Nc1cccc(C(=O)O)c1. The minimum atomic E-state index is -1.00. The van der Waals surface area contributed by atoms with Crippen molar-refractivity contribution in [3.8, 4) is 0 Å². The summed E-state index contributed by atoms with van der Waals surface area (Å²) >= 11 is 0. The van der Waals surface area contributed by atoms with Crippen molar-refractivity contribution in [2.45, 2.75) is 32.7 Å². The van der Waals surface area contributed by atoms with Gasteiger partial charge < -0.3 is 15.7 Å². The van der Waals surface area contributed by atoms with E-state index >= 15 is 0 Å². The number of benzene rings is 1. The van der Waals surface area contributed by atoms with Crippen LogP contribution in [0.4, 0.5) is 5.69 Å². The Bertz CT molecular complexity index is 444. The van der Waals surface area contributed by atoms with Crippen LogP contribution in [0.15, 0.2) is 24.3 Å². The average Bonchev–Trinajstić information content (AvgIpc) is 2.34. The molecule has 0 saturated carbocycles. The Morgan fingerprint density at radius 3 is 2.68 bits per heavy atom. The quantitative estimate of drug-likeness (QED) is 0.659. The third-order valence-electron chi connectivity index (χ3n) is 2.53. The van der Waals surface area contributed by atoms with Crippen molar-refractivity contribution in [1.82, 2.24) is 5.32 Å². The van der Waals surface area contributed by atoms with Crippen LogP contribution in [-0.4, -0.2) is 29.6 Å². The highest BCUT2D eigenvalue weighted by Crippen LogP contribution is 2.11. The smallest absolute Gasteiger partial charge is 0.335 e. The number of carbonyl (C=O) groups is 2. The van der Waals surface area contributed by atoms with E-state index in [0.29, 0.717) is 18.2 Å². The van der Waals surface area contributed by atoms with E-state index in [0.717, 1.165) is 13.0 Å². The van der Waals surface area contributed by atoms with Crippen LogP contribution in [0.3, 0.4) is 0 Å². The summed E-state index contributed by atoms with van der Waals surface area (Å²) in [6.45, 7) is 4.90. The predicted molar refractivity (Wildman–Crippen MR) is 74.4 cm³/mol. The van der Waals surface area contributed by atoms with E-state index in [1.54, 1.807) is 12.1 Å². The molecule has 0 bridgehead atoms. The van der Waals surface area contributed by atoms with Crippen LogP contribution in [0.2, 0.25) is 0 Å². The fourth-order valence-corrected chi connectivity index (χ4v) is 1.59. The van der Waals surface area contributed by atoms with Gasteiger partial charge in [0.05, 0.1) is 5.56 Å². The minimum absolute atomic E-state index is 0.104. The predicted octanol–water partition coefficient (Wildman–Crippen LogP) is 2.10. The lowest BCUT2D eigenvalue weighted by molar-refractivity contribution is -0.116. The summed E-state index contributed by atoms with van der Waals surface area (Å²) in [6.07, 6.45) is 1.17. The van der Waals surface area contributed by atoms with Crippen LogP contribution in [0, 0.1) is 0 Å². The summed E-state index contributed by atoms with van der Waals surface area (Å²) in [7, 11) is 0. The Kier molecular flexibility index (Phi) is 6.02. The molecule has 1 rings (SSSR count). The molecule has 0 aliphatic rings. The Morgan fingerprint density at radius 1 is 1.32 bits per heavy atom. The molecule has 0 unspecified atom stereocenters. The third kappa shape index (κ3) is 6.01. The summed E-state index contributed by atoms with van der Waals surface area (Å²) in [5, 5.41) is 14.8. The van der Waals surface area contributed by atoms with Gasteiger partial charge in [-0.25, -0.2) is 4.79 Å². The lowest BCUT2D eigenvalue weighted by Gasteiger charge is -2.08. The van der Waals surface area contributed by atoms with Crippen LogP contribution >= 0.6 is 0 Å². The van der Waals surface area contributed by atoms with Gasteiger partial charge in [-0.3, -0.25) is 4.79 Å². The molecule has 3 N–H and O–H groups in total. The third-order valence-corrected chi connectivity index (χ3v) is 2.53. The van der Waals surface area contributed by atoms with Crippen molar-refractivity contribution in [3.05, 3.63) is 29.8 Å². The van der Waals surface area contributed by atoms with Crippen molar-refractivity contribution in [1.29, 1.82) is 0 Å². The van der Waals surface area contributed by atoms with Gasteiger partial charge in [-0.05, 0) is 31.2 Å². The number of hydrogen-bond donors (Lipinski definition) is 3. The lowest BCUT2D eigenvalue weighted by Crippen LogP contribution is -2.24. The van der Waals surface area contributed by atoms with Crippen LogP contribution in [0.5, 0.6) is 0 Å². The summed E-state index contributed by atoms with van der Waals surface area (Å²) in [6, 6.07) is 6.64. The highest BCUT2D eigenvalue weighted by molar-refractivity contribution is 5.93. The lowest BCUT2D eigenvalue weighted by atomic mass is 10.2. The van der Waals surface area contributed by atoms with Crippen molar-refractivity contribution in [3.63, 3.8) is 0 Å². The second kappa shape index (κ2) is 7.53. The van der Waals surface area contributed by atoms with Crippen LogP contribution in [-0.2, 0) is 4.79 Å². The maximum Gasteiger partial charge on any atom is 0.335 e. The normalized spacial score (nSPS) is 10.5. The standard InChI is InChI=1S/C14H20N2O3/c1-10(2)15-8-4-7-13(17)16-12-6-3-5-11(9-12)14(18)19/h3,5-6,9-10,15H,4,7-8H2,1-2H3,(H,16,17)(H,18,19). The second-order valence-corrected chi connectivity index (χ2v) is 4.65. The van der Waals surface area contributed by atoms with E-state index in [1.807, 2.05) is 0 Å². The molecule has 104 valence electrons. The van der Waals surface area contributed by atoms with E-state index in [9.17, 15) is 9.59 Å². The first-order valence-corrected chi connectivity index (χ1v) is 6.35. The second-order valence-electron chi connectivity index (χ2n) is 4.65. The first-order chi connectivity index (χ1) is 8.99. The van der Waals surface area contributed by atoms with E-state index in [4.69, 9.17) is 5.11 Å². The van der Waals surface area contributed by atoms with Crippen LogP contribution in [0.1, 0.15) is 37.0 Å². The van der Waals surface area contributed by atoms with Crippen LogP contribution < -0.4 is 10.6 Å². The minimum Gasteiger partial charge on any atom is -0.478 e. The number of aromatic carboxylic acids is 1. The van der Waals surface area contributed by atoms with Gasteiger partial charge >= 0.3 is 5.97 Å². The summed E-state index contributed by atoms with van der Waals surface area (Å²) < 4.78 is 0. The van der Waals surface area contributed by atoms with Gasteiger partial charge in [-0.15, -0.1) is 0 Å². The molecule has 0 saturated heterocycles. The maximum atomic E-state index is 11.7. The fourth-order valence-electron chi connectivity index (χ4n) is 1.59. The molecule has 0 heterocycles. The molecule has 0 aromatic heterocycles. The zero-order valence-electron chi connectivity index (χ0n) is 11.3. The first kappa shape index (κ1) is 15.2. The molecule has 5 heteroatoms. The summed E-state index contributed by atoms with van der Waals surface area (Å²) in [4.78, 5) is 22.4. The zero-order valence-corrected chi connectivity index (χ0v) is 11.3. The molecule has 0 aliphatic heterocycles. The zero-order chi connectivity index (χ0) is 14.3. The van der Waals surface area contributed by atoms with Crippen molar-refractivity contribution in [2.75, 3.05) is 11.9 Å². The number of hydrogen-bond acceptors (Lipinski definition) is 3. The Labute approximate surface area is 113 Å². The topological polar surface area (TPSA) is 78.4 Å². The number of nitrogens with one attached hydrogen (secondary N) is 2. The van der Waals surface area contributed by atoms with Gasteiger partial charge in [0.2, 0.25) is 5.91 Å². The Hall–Kier alpha value is -1.88. The van der Waals surface area contributed by atoms with Gasteiger partial charge in [0.1, 0.15) is 0 Å². The molecule has 5 nitrogen and oxygen atoms in total. The van der Waals surface area contributed by atoms with E-state index in [-0.39, 0.29) is 11.5 Å². The van der Waals surface area contributed by atoms with Gasteiger partial charge in [0.15, 0.2) is 0 Å². The van der Waals surface area contributed by atoms with Gasteiger partial charge in [-0.1, -0.05) is 19.9 Å². The van der Waals surface area contributed by atoms with Crippen molar-refractivity contribution in [2.24, 2.45) is 0 Å². The summed E-state index contributed by atoms with van der Waals surface area (Å²) in [5.41, 5.74) is 0.681. The molecule has 0 atom stereocenters. The largest absolute Gasteiger partial charge is 0.478 e. The first-order valence-electron chi connectivity index (χ1n) is 6.35. The molecule has 0 aliphatic carbocycles. The molecule has 19 heavy (non-hydrogen) atoms. The van der Waals surface area contributed by atoms with E-state index < -0.39 is 5.97 Å². The van der Waals surface area contributed by atoms with Gasteiger partial charge in [0, 0.05) is 18.2 Å². The molecule has 0 fully saturated rings. The van der Waals surface area contributed by atoms with Crippen molar-refractivity contribution >= 4 is 17.6 Å². The molecule has 0 spiro atoms. The molecular weight excluding hydrogens is 244 g/mol. The van der Waals surface area contributed by atoms with E-state index in [1.165, 1.54) is 12.1 Å². The molecule has 1 aromatic carbocycles. The molecule has 0 radical (unpaired) electrons. The van der Waals surface area contributed by atoms with Gasteiger partial charge in [-0.2, -0.15) is 0 Å². The maximum absolute atomic E-state index is 11.7. The number of carbonyl (C=O) groups excluding carboxylic acids is 1. The number of anilines is 1. The highest BCUT2D eigenvalue weighted by atomic mass is 16.4. The number of carboxylic acid groups (broad SMARTS) is 1. The monoisotopic (exact) mass is 264 g/mol. The molecule has 1 amide bonds. The van der Waals surface area contributed by atoms with Crippen LogP contribution in [0.25, 0.3) is 0 Å². The number of rotatable bonds is 7. The average molecular weight is 264 g/mol. The molecule has 1 aromatic rings. The Morgan fingerprint density at radius 2 is 2.05 bits per heavy atom. The Balaban J connectivity index is 2.40. The number of carboxylic acids is 1. The highest BCUT2D eigenvalue weighted by Gasteiger charge is 2.06.